The Balaban J connectivity index is 1.57. The van der Waals surface area contributed by atoms with Gasteiger partial charge in [-0.15, -0.1) is 0 Å². The molecular weight excluding hydrogens is 393 g/mol. The van der Waals surface area contributed by atoms with Crippen LogP contribution in [0.3, 0.4) is 0 Å². The normalized spacial score (nSPS) is 20.6. The Hall–Kier alpha value is -2.90. The number of hydrogen-bond acceptors (Lipinski definition) is 2. The molecule has 152 valence electrons. The summed E-state index contributed by atoms with van der Waals surface area (Å²) in [6.45, 7) is 0.0732. The number of carbonyl (C=O) groups is 1. The number of amides is 1. The van der Waals surface area contributed by atoms with Gasteiger partial charge in [0.2, 0.25) is 5.82 Å². The van der Waals surface area contributed by atoms with Gasteiger partial charge < -0.3 is 4.74 Å². The summed E-state index contributed by atoms with van der Waals surface area (Å²) in [5.74, 6) is -9.85. The second-order valence-corrected chi connectivity index (χ2v) is 7.09. The highest BCUT2D eigenvalue weighted by molar-refractivity contribution is 5.75. The van der Waals surface area contributed by atoms with Crippen LogP contribution in [-0.4, -0.2) is 23.1 Å². The number of halogens is 5. The summed E-state index contributed by atoms with van der Waals surface area (Å²) in [4.78, 5) is 14.0. The molecule has 2 aromatic carbocycles. The molecule has 0 radical (unpaired) electrons. The van der Waals surface area contributed by atoms with E-state index in [2.05, 4.69) is 0 Å². The van der Waals surface area contributed by atoms with E-state index in [4.69, 9.17) is 4.74 Å². The molecule has 0 N–H and O–H groups in total. The number of fused-ring (bicyclic) bond motifs is 2. The maximum Gasteiger partial charge on any atom is 0.410 e. The van der Waals surface area contributed by atoms with Gasteiger partial charge in [0, 0.05) is 6.04 Å². The van der Waals surface area contributed by atoms with Gasteiger partial charge in [-0.3, -0.25) is 4.90 Å². The quantitative estimate of drug-likeness (QED) is 0.389. The Morgan fingerprint density at radius 1 is 0.931 bits per heavy atom. The fourth-order valence-corrected chi connectivity index (χ4v) is 3.98. The molecule has 2 heterocycles. The first kappa shape index (κ1) is 19.4. The summed E-state index contributed by atoms with van der Waals surface area (Å²) in [5, 5.41) is 0. The first-order chi connectivity index (χ1) is 13.9. The van der Waals surface area contributed by atoms with Crippen LogP contribution in [0.2, 0.25) is 0 Å². The molecule has 1 amide bonds. The molecule has 0 aromatic heterocycles. The van der Waals surface area contributed by atoms with E-state index in [1.54, 1.807) is 12.1 Å². The lowest BCUT2D eigenvalue weighted by atomic mass is 9.93. The smallest absolute Gasteiger partial charge is 0.410 e. The number of carbonyl (C=O) groups excluding carboxylic acids is 1. The van der Waals surface area contributed by atoms with Crippen LogP contribution in [-0.2, 0) is 11.3 Å². The van der Waals surface area contributed by atoms with Crippen molar-refractivity contribution in [1.29, 1.82) is 0 Å². The Labute approximate surface area is 163 Å². The van der Waals surface area contributed by atoms with Gasteiger partial charge in [-0.25, -0.2) is 26.7 Å². The summed E-state index contributed by atoms with van der Waals surface area (Å²) in [7, 11) is 0. The van der Waals surface area contributed by atoms with Gasteiger partial charge in [-0.2, -0.15) is 0 Å². The first-order valence-electron chi connectivity index (χ1n) is 9.10. The summed E-state index contributed by atoms with van der Waals surface area (Å²) >= 11 is 0. The molecular formula is C21H16F5NO2. The van der Waals surface area contributed by atoms with E-state index in [9.17, 15) is 26.7 Å². The van der Waals surface area contributed by atoms with Crippen LogP contribution in [0.1, 0.15) is 30.4 Å². The van der Waals surface area contributed by atoms with E-state index in [0.717, 1.165) is 5.56 Å². The van der Waals surface area contributed by atoms with Gasteiger partial charge in [-0.05, 0) is 30.4 Å². The van der Waals surface area contributed by atoms with Crippen molar-refractivity contribution in [2.24, 2.45) is 0 Å². The maximum absolute atomic E-state index is 14.2. The lowest BCUT2D eigenvalue weighted by molar-refractivity contribution is 0.0832. The molecule has 3 nitrogen and oxygen atoms in total. The molecule has 0 aliphatic carbocycles. The molecule has 0 spiro atoms. The molecule has 2 bridgehead atoms. The second-order valence-electron chi connectivity index (χ2n) is 7.09. The molecule has 2 atom stereocenters. The van der Waals surface area contributed by atoms with Crippen LogP contribution >= 0.6 is 0 Å². The largest absolute Gasteiger partial charge is 0.445 e. The van der Waals surface area contributed by atoms with E-state index in [-0.39, 0.29) is 18.6 Å². The van der Waals surface area contributed by atoms with Crippen molar-refractivity contribution in [2.45, 2.75) is 38.0 Å². The van der Waals surface area contributed by atoms with E-state index in [1.165, 1.54) is 11.0 Å². The Kier molecular flexibility index (Phi) is 5.02. The molecule has 29 heavy (non-hydrogen) atoms. The van der Waals surface area contributed by atoms with E-state index < -0.39 is 52.8 Å². The standard InChI is InChI=1S/C21H16F5NO2/c22-16-15(17(23)19(25)20(26)18(16)24)12-8-13-6-7-14(9-12)27(13)21(28)29-10-11-4-2-1-3-5-11/h1-5,8,13-14H,6-7,9-10H2. The summed E-state index contributed by atoms with van der Waals surface area (Å²) in [6.07, 6.45) is 1.86. The molecule has 2 aliphatic heterocycles. The van der Waals surface area contributed by atoms with Crippen LogP contribution < -0.4 is 0 Å². The van der Waals surface area contributed by atoms with Gasteiger partial charge in [0.1, 0.15) is 6.61 Å². The van der Waals surface area contributed by atoms with Crippen LogP contribution in [0.5, 0.6) is 0 Å². The minimum atomic E-state index is -2.19. The zero-order valence-electron chi connectivity index (χ0n) is 15.1. The third kappa shape index (κ3) is 3.36. The number of ether oxygens (including phenoxy) is 1. The zero-order valence-corrected chi connectivity index (χ0v) is 15.1. The molecule has 4 rings (SSSR count). The van der Waals surface area contributed by atoms with Crippen molar-refractivity contribution < 1.29 is 31.5 Å². The number of nitrogens with zero attached hydrogens (tertiary/aromatic N) is 1. The molecule has 1 fully saturated rings. The van der Waals surface area contributed by atoms with Crippen molar-refractivity contribution in [3.63, 3.8) is 0 Å². The van der Waals surface area contributed by atoms with Crippen LogP contribution in [0, 0.1) is 29.1 Å². The summed E-state index contributed by atoms with van der Waals surface area (Å²) in [6, 6.07) is 8.11. The van der Waals surface area contributed by atoms with Crippen molar-refractivity contribution in [2.75, 3.05) is 0 Å². The molecule has 0 saturated carbocycles. The van der Waals surface area contributed by atoms with Gasteiger partial charge in [0.05, 0.1) is 11.6 Å². The molecule has 8 heteroatoms. The molecule has 2 aromatic rings. The van der Waals surface area contributed by atoms with Crippen molar-refractivity contribution in [3.8, 4) is 0 Å². The highest BCUT2D eigenvalue weighted by atomic mass is 19.2. The zero-order chi connectivity index (χ0) is 20.7. The number of rotatable bonds is 3. The maximum atomic E-state index is 14.2. The summed E-state index contributed by atoms with van der Waals surface area (Å²) in [5.41, 5.74) is -0.101. The minimum Gasteiger partial charge on any atom is -0.445 e. The minimum absolute atomic E-state index is 0.0115. The lowest BCUT2D eigenvalue weighted by Crippen LogP contribution is -2.43. The summed E-state index contributed by atoms with van der Waals surface area (Å²) < 4.78 is 74.1. The monoisotopic (exact) mass is 409 g/mol. The van der Waals surface area contributed by atoms with E-state index in [1.807, 2.05) is 18.2 Å². The van der Waals surface area contributed by atoms with Gasteiger partial charge in [0.15, 0.2) is 23.3 Å². The van der Waals surface area contributed by atoms with Crippen LogP contribution in [0.25, 0.3) is 5.57 Å². The highest BCUT2D eigenvalue weighted by Crippen LogP contribution is 2.41. The van der Waals surface area contributed by atoms with Gasteiger partial charge in [-0.1, -0.05) is 36.4 Å². The SMILES string of the molecule is O=C(OCc1ccccc1)N1C2C=C(c3c(F)c(F)c(F)c(F)c3F)CC1CC2. The molecule has 2 unspecified atom stereocenters. The highest BCUT2D eigenvalue weighted by Gasteiger charge is 2.42. The fourth-order valence-electron chi connectivity index (χ4n) is 3.98. The lowest BCUT2D eigenvalue weighted by Gasteiger charge is -2.33. The average Bonchev–Trinajstić information content (AvgIpc) is 3.00. The Bertz CT molecular complexity index is 963. The van der Waals surface area contributed by atoms with Crippen molar-refractivity contribution in [1.82, 2.24) is 4.90 Å². The first-order valence-corrected chi connectivity index (χ1v) is 9.10. The third-order valence-electron chi connectivity index (χ3n) is 5.34. The van der Waals surface area contributed by atoms with Crippen LogP contribution in [0.15, 0.2) is 36.4 Å². The number of hydrogen-bond donors (Lipinski definition) is 0. The van der Waals surface area contributed by atoms with Crippen molar-refractivity contribution >= 4 is 11.7 Å². The molecule has 1 saturated heterocycles. The van der Waals surface area contributed by atoms with Crippen molar-refractivity contribution in [3.05, 3.63) is 76.6 Å². The van der Waals surface area contributed by atoms with E-state index in [0.29, 0.717) is 12.8 Å². The van der Waals surface area contributed by atoms with Gasteiger partial charge >= 0.3 is 6.09 Å². The second kappa shape index (κ2) is 7.50. The predicted octanol–water partition coefficient (Wildman–Crippen LogP) is 5.34. The van der Waals surface area contributed by atoms with E-state index >= 15 is 0 Å². The Morgan fingerprint density at radius 3 is 2.17 bits per heavy atom. The Morgan fingerprint density at radius 2 is 1.55 bits per heavy atom. The third-order valence-corrected chi connectivity index (χ3v) is 5.34. The molecule has 2 aliphatic rings. The van der Waals surface area contributed by atoms with Crippen LogP contribution in [0.4, 0.5) is 26.7 Å². The predicted molar refractivity (Wildman–Crippen MR) is 94.1 cm³/mol. The fraction of sp³-hybridized carbons (Fsp3) is 0.286. The average molecular weight is 409 g/mol. The number of benzene rings is 2. The van der Waals surface area contributed by atoms with Gasteiger partial charge in [0.25, 0.3) is 0 Å². The topological polar surface area (TPSA) is 29.5 Å².